The van der Waals surface area contributed by atoms with Gasteiger partial charge in [0.05, 0.1) is 5.69 Å². The maximum atomic E-state index is 12.8. The molecule has 2 N–H and O–H groups in total. The van der Waals surface area contributed by atoms with E-state index in [0.29, 0.717) is 5.69 Å². The van der Waals surface area contributed by atoms with Crippen molar-refractivity contribution in [3.63, 3.8) is 0 Å². The predicted molar refractivity (Wildman–Crippen MR) is 68.5 cm³/mol. The smallest absolute Gasteiger partial charge is 0.343 e. The fourth-order valence-electron chi connectivity index (χ4n) is 1.76. The average molecular weight is 262 g/mol. The molecule has 0 atom stereocenters. The number of nitrogens with zero attached hydrogens (tertiary/aromatic N) is 1. The van der Waals surface area contributed by atoms with Crippen molar-refractivity contribution < 1.29 is 14.3 Å². The van der Waals surface area contributed by atoms with Crippen LogP contribution >= 0.6 is 0 Å². The van der Waals surface area contributed by atoms with E-state index in [-0.39, 0.29) is 11.3 Å². The van der Waals surface area contributed by atoms with Crippen molar-refractivity contribution in [2.75, 3.05) is 12.4 Å². The molecule has 1 aromatic heterocycles. The minimum Gasteiger partial charge on any atom is -0.477 e. The van der Waals surface area contributed by atoms with Gasteiger partial charge in [-0.25, -0.2) is 9.18 Å². The number of pyridine rings is 1. The topological polar surface area (TPSA) is 71.3 Å². The third kappa shape index (κ3) is 2.33. The molecule has 0 radical (unpaired) electrons. The Hall–Kier alpha value is -2.63. The van der Waals surface area contributed by atoms with Crippen LogP contribution in [0.5, 0.6) is 0 Å². The molecule has 0 aliphatic rings. The first kappa shape index (κ1) is 12.8. The lowest BCUT2D eigenvalue weighted by molar-refractivity contribution is 0.0695. The summed E-state index contributed by atoms with van der Waals surface area (Å²) in [6.07, 6.45) is 1.44. The maximum Gasteiger partial charge on any atom is 0.343 e. The van der Waals surface area contributed by atoms with Gasteiger partial charge in [0, 0.05) is 18.9 Å². The van der Waals surface area contributed by atoms with Gasteiger partial charge in [0.2, 0.25) is 0 Å². The number of hydrogen-bond acceptors (Lipinski definition) is 3. The highest BCUT2D eigenvalue weighted by Crippen LogP contribution is 2.13. The van der Waals surface area contributed by atoms with Gasteiger partial charge in [-0.1, -0.05) is 0 Å². The van der Waals surface area contributed by atoms with Crippen molar-refractivity contribution in [3.05, 3.63) is 58.3 Å². The molecule has 0 spiro atoms. The number of rotatable bonds is 3. The Morgan fingerprint density at radius 2 is 1.89 bits per heavy atom. The van der Waals surface area contributed by atoms with Gasteiger partial charge < -0.3 is 10.4 Å². The molecule has 0 amide bonds. The Labute approximate surface area is 107 Å². The number of halogens is 1. The lowest BCUT2D eigenvalue weighted by Gasteiger charge is -2.10. The van der Waals surface area contributed by atoms with Crippen molar-refractivity contribution >= 4 is 11.7 Å². The van der Waals surface area contributed by atoms with Gasteiger partial charge in [0.1, 0.15) is 11.4 Å². The van der Waals surface area contributed by atoms with E-state index in [0.717, 1.165) is 4.57 Å². The summed E-state index contributed by atoms with van der Waals surface area (Å²) >= 11 is 0. The molecule has 0 fully saturated rings. The van der Waals surface area contributed by atoms with Gasteiger partial charge >= 0.3 is 5.97 Å². The van der Waals surface area contributed by atoms with Crippen LogP contribution in [0.2, 0.25) is 0 Å². The van der Waals surface area contributed by atoms with Gasteiger partial charge in [-0.15, -0.1) is 0 Å². The second kappa shape index (κ2) is 4.93. The first-order chi connectivity index (χ1) is 9.04. The summed E-state index contributed by atoms with van der Waals surface area (Å²) < 4.78 is 14.0. The molecule has 0 unspecified atom stereocenters. The van der Waals surface area contributed by atoms with Crippen LogP contribution in [-0.2, 0) is 0 Å². The number of carboxylic acids is 1. The molecule has 0 saturated carbocycles. The Morgan fingerprint density at radius 3 is 2.42 bits per heavy atom. The number of aromatic nitrogens is 1. The minimum absolute atomic E-state index is 0.232. The fourth-order valence-corrected chi connectivity index (χ4v) is 1.76. The summed E-state index contributed by atoms with van der Waals surface area (Å²) in [5.74, 6) is -1.74. The van der Waals surface area contributed by atoms with Crippen molar-refractivity contribution in [2.24, 2.45) is 0 Å². The second-order valence-electron chi connectivity index (χ2n) is 3.81. The molecule has 0 aliphatic heterocycles. The lowest BCUT2D eigenvalue weighted by atomic mass is 10.2. The van der Waals surface area contributed by atoms with Gasteiger partial charge in [0.25, 0.3) is 5.56 Å². The highest BCUT2D eigenvalue weighted by atomic mass is 19.1. The number of carboxylic acid groups (broad SMARTS) is 1. The van der Waals surface area contributed by atoms with E-state index in [9.17, 15) is 14.0 Å². The number of nitrogens with one attached hydrogen (secondary N) is 1. The van der Waals surface area contributed by atoms with E-state index in [1.807, 2.05) is 0 Å². The average Bonchev–Trinajstić information content (AvgIpc) is 2.39. The fraction of sp³-hybridized carbons (Fsp3) is 0.0769. The molecule has 2 aromatic rings. The van der Waals surface area contributed by atoms with Crippen LogP contribution in [0.4, 0.5) is 10.1 Å². The van der Waals surface area contributed by atoms with Crippen LogP contribution in [0.15, 0.2) is 41.3 Å². The molecule has 2 rings (SSSR count). The van der Waals surface area contributed by atoms with Crippen molar-refractivity contribution in [3.8, 4) is 5.69 Å². The largest absolute Gasteiger partial charge is 0.477 e. The number of aromatic carboxylic acids is 1. The van der Waals surface area contributed by atoms with Crippen LogP contribution in [0.1, 0.15) is 10.4 Å². The SMILES string of the molecule is CNc1ccn(-c2ccc(F)cc2)c(=O)c1C(=O)O. The van der Waals surface area contributed by atoms with Crippen LogP contribution in [-0.4, -0.2) is 22.7 Å². The maximum absolute atomic E-state index is 12.8. The van der Waals surface area contributed by atoms with E-state index in [1.54, 1.807) is 0 Å². The standard InChI is InChI=1S/C13H11FN2O3/c1-15-10-6-7-16(12(17)11(10)13(18)19)9-4-2-8(14)3-5-9/h2-7,15H,1H3,(H,18,19). The lowest BCUT2D eigenvalue weighted by Crippen LogP contribution is -2.26. The molecule has 5 nitrogen and oxygen atoms in total. The Balaban J connectivity index is 2.66. The molecular formula is C13H11FN2O3. The molecule has 0 bridgehead atoms. The van der Waals surface area contributed by atoms with Gasteiger partial charge in [-0.2, -0.15) is 0 Å². The molecule has 98 valence electrons. The molecule has 0 saturated heterocycles. The summed E-state index contributed by atoms with van der Waals surface area (Å²) in [5.41, 5.74) is -0.396. The first-order valence-corrected chi connectivity index (χ1v) is 5.47. The zero-order valence-corrected chi connectivity index (χ0v) is 10.1. The van der Waals surface area contributed by atoms with Crippen molar-refractivity contribution in [2.45, 2.75) is 0 Å². The Bertz CT molecular complexity index is 677. The molecule has 19 heavy (non-hydrogen) atoms. The summed E-state index contributed by atoms with van der Waals surface area (Å²) in [7, 11) is 1.53. The quantitative estimate of drug-likeness (QED) is 0.883. The van der Waals surface area contributed by atoms with Gasteiger partial charge in [-0.3, -0.25) is 9.36 Å². The third-order valence-electron chi connectivity index (χ3n) is 2.68. The van der Waals surface area contributed by atoms with Crippen LogP contribution in [0, 0.1) is 5.82 Å². The third-order valence-corrected chi connectivity index (χ3v) is 2.68. The van der Waals surface area contributed by atoms with Gasteiger partial charge in [0.15, 0.2) is 0 Å². The monoisotopic (exact) mass is 262 g/mol. The Kier molecular flexibility index (Phi) is 3.33. The number of benzene rings is 1. The predicted octanol–water partition coefficient (Wildman–Crippen LogP) is 1.72. The molecule has 6 heteroatoms. The van der Waals surface area contributed by atoms with Gasteiger partial charge in [-0.05, 0) is 30.3 Å². The van der Waals surface area contributed by atoms with E-state index >= 15 is 0 Å². The second-order valence-corrected chi connectivity index (χ2v) is 3.81. The molecular weight excluding hydrogens is 251 g/mol. The highest BCUT2D eigenvalue weighted by molar-refractivity contribution is 5.93. The van der Waals surface area contributed by atoms with E-state index in [2.05, 4.69) is 5.32 Å². The zero-order valence-electron chi connectivity index (χ0n) is 10.1. The highest BCUT2D eigenvalue weighted by Gasteiger charge is 2.16. The zero-order chi connectivity index (χ0) is 14.0. The van der Waals surface area contributed by atoms with Crippen molar-refractivity contribution in [1.29, 1.82) is 0 Å². The normalized spacial score (nSPS) is 10.2. The van der Waals surface area contributed by atoms with E-state index in [4.69, 9.17) is 5.11 Å². The number of carbonyl (C=O) groups is 1. The molecule has 0 aliphatic carbocycles. The summed E-state index contributed by atoms with van der Waals surface area (Å²) in [6.45, 7) is 0. The summed E-state index contributed by atoms with van der Waals surface area (Å²) in [4.78, 5) is 23.2. The van der Waals surface area contributed by atoms with Crippen LogP contribution in [0.3, 0.4) is 0 Å². The summed E-state index contributed by atoms with van der Waals surface area (Å²) in [5, 5.41) is 11.7. The number of hydrogen-bond donors (Lipinski definition) is 2. The first-order valence-electron chi connectivity index (χ1n) is 5.47. The Morgan fingerprint density at radius 1 is 1.26 bits per heavy atom. The molecule has 1 heterocycles. The van der Waals surface area contributed by atoms with Crippen LogP contribution < -0.4 is 10.9 Å². The minimum atomic E-state index is -1.31. The number of anilines is 1. The molecule has 1 aromatic carbocycles. The van der Waals surface area contributed by atoms with Crippen molar-refractivity contribution in [1.82, 2.24) is 4.57 Å². The van der Waals surface area contributed by atoms with E-state index < -0.39 is 17.3 Å². The van der Waals surface area contributed by atoms with Crippen LogP contribution in [0.25, 0.3) is 5.69 Å². The van der Waals surface area contributed by atoms with E-state index in [1.165, 1.54) is 43.6 Å². The summed E-state index contributed by atoms with van der Waals surface area (Å²) in [6, 6.07) is 6.69.